The number of H-pyrrole nitrogens is 1. The van der Waals surface area contributed by atoms with E-state index in [1.54, 1.807) is 31.6 Å². The number of ether oxygens (including phenoxy) is 2. The van der Waals surface area contributed by atoms with Crippen molar-refractivity contribution in [3.8, 4) is 0 Å². The molecule has 0 unspecified atom stereocenters. The normalized spacial score (nSPS) is 19.9. The van der Waals surface area contributed by atoms with Gasteiger partial charge in [-0.3, -0.25) is 10.1 Å². The Balaban J connectivity index is 2.20. The Morgan fingerprint density at radius 2 is 2.35 bits per heavy atom. The van der Waals surface area contributed by atoms with Crippen LogP contribution in [0.15, 0.2) is 24.5 Å². The molecule has 0 saturated carbocycles. The van der Waals surface area contributed by atoms with Gasteiger partial charge >= 0.3 is 0 Å². The minimum atomic E-state index is -0.839. The largest absolute Gasteiger partial charge is 0.361 e. The minimum absolute atomic E-state index is 0.332. The van der Waals surface area contributed by atoms with E-state index in [0.717, 1.165) is 11.9 Å². The molecule has 1 aliphatic rings. The molecule has 0 aliphatic carbocycles. The summed E-state index contributed by atoms with van der Waals surface area (Å²) < 4.78 is 10.8. The molecule has 0 aromatic carbocycles. The van der Waals surface area contributed by atoms with Crippen LogP contribution in [0.3, 0.4) is 0 Å². The maximum Gasteiger partial charge on any atom is 0.274 e. The average Bonchev–Trinajstić information content (AvgIpc) is 2.93. The Hall–Kier alpha value is -2.13. The molecular weight excluding hydrogens is 266 g/mol. The molecule has 0 radical (unpaired) electrons. The number of imidazole rings is 1. The molecule has 110 valence electrons. The molecule has 0 spiro atoms. The lowest BCUT2D eigenvalue weighted by Crippen LogP contribution is -2.58. The first kappa shape index (κ1) is 14.3. The third-order valence-electron chi connectivity index (χ3n) is 3.20. The fourth-order valence-electron chi connectivity index (χ4n) is 2.07. The molecule has 9 heteroatoms. The van der Waals surface area contributed by atoms with Gasteiger partial charge in [0.05, 0.1) is 36.6 Å². The molecule has 1 fully saturated rings. The molecule has 20 heavy (non-hydrogen) atoms. The van der Waals surface area contributed by atoms with E-state index in [1.165, 1.54) is 0 Å². The number of methoxy groups -OCH3 is 2. The highest BCUT2D eigenvalue weighted by atomic mass is 16.7. The summed E-state index contributed by atoms with van der Waals surface area (Å²) in [4.78, 5) is 18.9. The fourth-order valence-corrected chi connectivity index (χ4v) is 2.07. The van der Waals surface area contributed by atoms with Gasteiger partial charge in [-0.15, -0.1) is 0 Å². The number of nitrogens with zero attached hydrogens (tertiary/aromatic N) is 3. The van der Waals surface area contributed by atoms with E-state index in [1.807, 2.05) is 0 Å². The Morgan fingerprint density at radius 3 is 2.90 bits per heavy atom. The fraction of sp³-hybridized carbons (Fsp3) is 0.545. The van der Waals surface area contributed by atoms with E-state index < -0.39 is 10.7 Å². The van der Waals surface area contributed by atoms with E-state index in [9.17, 15) is 10.1 Å². The van der Waals surface area contributed by atoms with Gasteiger partial charge in [-0.1, -0.05) is 0 Å². The smallest absolute Gasteiger partial charge is 0.274 e. The third kappa shape index (κ3) is 3.06. The summed E-state index contributed by atoms with van der Waals surface area (Å²) in [6.45, 7) is 1.13. The van der Waals surface area contributed by atoms with Gasteiger partial charge < -0.3 is 24.7 Å². The van der Waals surface area contributed by atoms with Crippen molar-refractivity contribution in [1.29, 1.82) is 0 Å². The van der Waals surface area contributed by atoms with E-state index in [-0.39, 0.29) is 0 Å². The van der Waals surface area contributed by atoms with Crippen molar-refractivity contribution in [2.45, 2.75) is 12.3 Å². The first-order chi connectivity index (χ1) is 9.58. The van der Waals surface area contributed by atoms with Crippen molar-refractivity contribution in [1.82, 2.24) is 20.2 Å². The van der Waals surface area contributed by atoms with Gasteiger partial charge in [0.2, 0.25) is 5.79 Å². The number of rotatable bonds is 5. The highest BCUT2D eigenvalue weighted by Crippen LogP contribution is 2.22. The molecule has 2 rings (SSSR count). The zero-order chi connectivity index (χ0) is 14.6. The number of nitro groups is 1. The van der Waals surface area contributed by atoms with Crippen molar-refractivity contribution >= 4 is 0 Å². The van der Waals surface area contributed by atoms with E-state index >= 15 is 0 Å². The Labute approximate surface area is 115 Å². The van der Waals surface area contributed by atoms with Gasteiger partial charge in [0.25, 0.3) is 6.20 Å². The summed E-state index contributed by atoms with van der Waals surface area (Å²) in [5.74, 6) is -0.428. The monoisotopic (exact) mass is 283 g/mol. The van der Waals surface area contributed by atoms with Crippen molar-refractivity contribution in [2.75, 3.05) is 27.3 Å². The maximum atomic E-state index is 10.7. The number of nitrogens with one attached hydrogen (secondary N) is 2. The van der Waals surface area contributed by atoms with Crippen LogP contribution in [0.1, 0.15) is 5.69 Å². The lowest BCUT2D eigenvalue weighted by atomic mass is 10.2. The molecule has 2 N–H and O–H groups in total. The lowest BCUT2D eigenvalue weighted by molar-refractivity contribution is -0.405. The highest BCUT2D eigenvalue weighted by Gasteiger charge is 2.38. The number of hydrogen-bond acceptors (Lipinski definition) is 7. The molecular formula is C11H17N5O4. The predicted molar refractivity (Wildman–Crippen MR) is 68.8 cm³/mol. The van der Waals surface area contributed by atoms with Crippen LogP contribution < -0.4 is 5.32 Å². The van der Waals surface area contributed by atoms with Gasteiger partial charge in [0.15, 0.2) is 5.82 Å². The molecule has 9 nitrogen and oxygen atoms in total. The molecule has 1 aromatic rings. The molecule has 1 saturated heterocycles. The van der Waals surface area contributed by atoms with Crippen molar-refractivity contribution in [2.24, 2.45) is 0 Å². The van der Waals surface area contributed by atoms with Crippen LogP contribution in [0.2, 0.25) is 0 Å². The van der Waals surface area contributed by atoms with Crippen LogP contribution in [-0.4, -0.2) is 52.9 Å². The summed E-state index contributed by atoms with van der Waals surface area (Å²) in [7, 11) is 3.09. The SMILES string of the molecule is COC1(OC)CNC(=C[N+](=O)[O-])N(Cc2cnc[nH]2)C1. The van der Waals surface area contributed by atoms with Crippen LogP contribution in [0.5, 0.6) is 0 Å². The van der Waals surface area contributed by atoms with Gasteiger partial charge in [0, 0.05) is 20.4 Å². The van der Waals surface area contributed by atoms with Crippen LogP contribution in [0.4, 0.5) is 0 Å². The topological polar surface area (TPSA) is 106 Å². The molecule has 1 aliphatic heterocycles. The zero-order valence-electron chi connectivity index (χ0n) is 11.3. The summed E-state index contributed by atoms with van der Waals surface area (Å²) in [6.07, 6.45) is 4.16. The van der Waals surface area contributed by atoms with Crippen molar-refractivity contribution in [3.05, 3.63) is 40.4 Å². The van der Waals surface area contributed by atoms with Crippen molar-refractivity contribution in [3.63, 3.8) is 0 Å². The number of aromatic nitrogens is 2. The molecule has 2 heterocycles. The van der Waals surface area contributed by atoms with Crippen LogP contribution >= 0.6 is 0 Å². The standard InChI is InChI=1S/C11H17N5O4/c1-19-11(20-2)6-13-10(5-16(17)18)15(7-11)4-9-3-12-8-14-9/h3,5,8,13H,4,6-7H2,1-2H3,(H,12,14). The molecule has 1 aromatic heterocycles. The van der Waals surface area contributed by atoms with Gasteiger partial charge in [-0.05, 0) is 0 Å². The summed E-state index contributed by atoms with van der Waals surface area (Å²) in [5.41, 5.74) is 0.837. The van der Waals surface area contributed by atoms with Crippen LogP contribution in [-0.2, 0) is 16.0 Å². The van der Waals surface area contributed by atoms with Crippen molar-refractivity contribution < 1.29 is 14.4 Å². The number of hydrogen-bond donors (Lipinski definition) is 2. The maximum absolute atomic E-state index is 10.7. The van der Waals surface area contributed by atoms with Crippen LogP contribution in [0, 0.1) is 10.1 Å². The summed E-state index contributed by atoms with van der Waals surface area (Å²) >= 11 is 0. The second-order valence-corrected chi connectivity index (χ2v) is 4.41. The predicted octanol–water partition coefficient (Wildman–Crippen LogP) is -0.120. The third-order valence-corrected chi connectivity index (χ3v) is 3.20. The summed E-state index contributed by atoms with van der Waals surface area (Å²) in [6, 6.07) is 0. The molecule has 0 bridgehead atoms. The van der Waals surface area contributed by atoms with Gasteiger partial charge in [-0.25, -0.2) is 4.98 Å². The number of aromatic amines is 1. The van der Waals surface area contributed by atoms with Gasteiger partial charge in [0.1, 0.15) is 0 Å². The Kier molecular flexibility index (Phi) is 4.20. The highest BCUT2D eigenvalue weighted by molar-refractivity contribution is 5.06. The zero-order valence-corrected chi connectivity index (χ0v) is 11.3. The summed E-state index contributed by atoms with van der Waals surface area (Å²) in [5, 5.41) is 13.7. The first-order valence-corrected chi connectivity index (χ1v) is 6.00. The van der Waals surface area contributed by atoms with E-state index in [4.69, 9.17) is 9.47 Å². The second kappa shape index (κ2) is 5.88. The second-order valence-electron chi connectivity index (χ2n) is 4.41. The van der Waals surface area contributed by atoms with Crippen LogP contribution in [0.25, 0.3) is 0 Å². The van der Waals surface area contributed by atoms with Gasteiger partial charge in [-0.2, -0.15) is 0 Å². The first-order valence-electron chi connectivity index (χ1n) is 6.00. The Morgan fingerprint density at radius 1 is 1.60 bits per heavy atom. The molecule has 0 atom stereocenters. The minimum Gasteiger partial charge on any atom is -0.361 e. The quantitative estimate of drug-likeness (QED) is 0.441. The molecule has 0 amide bonds. The lowest BCUT2D eigenvalue weighted by Gasteiger charge is -2.42. The van der Waals surface area contributed by atoms with E-state index in [0.29, 0.717) is 25.5 Å². The van der Waals surface area contributed by atoms with E-state index in [2.05, 4.69) is 15.3 Å². The Bertz CT molecular complexity index is 483. The average molecular weight is 283 g/mol.